The average molecular weight is 310 g/mol. The van der Waals surface area contributed by atoms with Crippen molar-refractivity contribution in [1.29, 1.82) is 0 Å². The first-order chi connectivity index (χ1) is 10.8. The van der Waals surface area contributed by atoms with E-state index in [-0.39, 0.29) is 0 Å². The van der Waals surface area contributed by atoms with Crippen LogP contribution in [0.5, 0.6) is 0 Å². The van der Waals surface area contributed by atoms with E-state index in [1.807, 2.05) is 0 Å². The second-order valence-corrected chi connectivity index (χ2v) is 7.34. The van der Waals surface area contributed by atoms with Crippen LogP contribution in [0.3, 0.4) is 0 Å². The molecule has 0 heteroatoms. The molecule has 1 radical (unpaired) electrons. The lowest BCUT2D eigenvalue weighted by Gasteiger charge is -2.23. The quantitative estimate of drug-likeness (QED) is 0.237. The predicted octanol–water partition coefficient (Wildman–Crippen LogP) is 8.35. The molecule has 22 heavy (non-hydrogen) atoms. The maximum atomic E-state index is 2.79. The third-order valence-corrected chi connectivity index (χ3v) is 4.99. The zero-order valence-corrected chi connectivity index (χ0v) is 16.3. The van der Waals surface area contributed by atoms with Crippen molar-refractivity contribution in [2.45, 2.75) is 124 Å². The van der Waals surface area contributed by atoms with E-state index in [0.29, 0.717) is 0 Å². The number of unbranched alkanes of at least 4 members (excludes halogenated alkanes) is 7. The van der Waals surface area contributed by atoms with Gasteiger partial charge in [-0.15, -0.1) is 0 Å². The van der Waals surface area contributed by atoms with Crippen LogP contribution in [0.1, 0.15) is 124 Å². The molecule has 0 aromatic heterocycles. The van der Waals surface area contributed by atoms with Gasteiger partial charge in [0.15, 0.2) is 0 Å². The molecule has 0 bridgehead atoms. The summed E-state index contributed by atoms with van der Waals surface area (Å²) in [5.41, 5.74) is 0. The summed E-state index contributed by atoms with van der Waals surface area (Å²) in [5.74, 6) is 1.80. The summed E-state index contributed by atoms with van der Waals surface area (Å²) < 4.78 is 0. The van der Waals surface area contributed by atoms with Crippen LogP contribution in [0.4, 0.5) is 0 Å². The van der Waals surface area contributed by atoms with E-state index in [0.717, 1.165) is 11.8 Å². The van der Waals surface area contributed by atoms with E-state index in [9.17, 15) is 0 Å². The van der Waals surface area contributed by atoms with Gasteiger partial charge in [-0.2, -0.15) is 0 Å². The van der Waals surface area contributed by atoms with Gasteiger partial charge in [-0.05, 0) is 18.3 Å². The summed E-state index contributed by atoms with van der Waals surface area (Å²) in [6.07, 6.45) is 24.0. The van der Waals surface area contributed by atoms with Gasteiger partial charge in [0, 0.05) is 0 Å². The highest BCUT2D eigenvalue weighted by Crippen LogP contribution is 2.28. The molecule has 0 aliphatic rings. The van der Waals surface area contributed by atoms with Crippen molar-refractivity contribution in [3.8, 4) is 0 Å². The fourth-order valence-electron chi connectivity index (χ4n) is 3.56. The molecule has 0 aromatic carbocycles. The van der Waals surface area contributed by atoms with Crippen molar-refractivity contribution in [2.75, 3.05) is 0 Å². The van der Waals surface area contributed by atoms with Gasteiger partial charge in [-0.25, -0.2) is 0 Å². The molecule has 0 aromatic rings. The summed E-state index contributed by atoms with van der Waals surface area (Å²) in [7, 11) is 0. The van der Waals surface area contributed by atoms with Crippen LogP contribution >= 0.6 is 0 Å². The SMILES string of the molecule is CCCCCCCC([CH]C(CCCC)CCCCC)CCC. The molecule has 0 aliphatic heterocycles. The zero-order valence-electron chi connectivity index (χ0n) is 16.3. The first-order valence-electron chi connectivity index (χ1n) is 10.6. The molecule has 0 N–H and O–H groups in total. The molecule has 2 unspecified atom stereocenters. The lowest BCUT2D eigenvalue weighted by atomic mass is 9.82. The van der Waals surface area contributed by atoms with Gasteiger partial charge in [-0.1, -0.05) is 124 Å². The Labute approximate surface area is 142 Å². The summed E-state index contributed by atoms with van der Waals surface area (Å²) >= 11 is 0. The van der Waals surface area contributed by atoms with Crippen molar-refractivity contribution in [3.63, 3.8) is 0 Å². The fourth-order valence-corrected chi connectivity index (χ4v) is 3.56. The standard InChI is InChI=1S/C22H45/c1-5-9-12-13-15-19-21(16-8-4)20-22(17-11-7-3)18-14-10-6-2/h20-22H,5-19H2,1-4H3. The van der Waals surface area contributed by atoms with Gasteiger partial charge in [0.05, 0.1) is 0 Å². The zero-order chi connectivity index (χ0) is 16.5. The van der Waals surface area contributed by atoms with Gasteiger partial charge in [0.1, 0.15) is 0 Å². The van der Waals surface area contributed by atoms with Crippen molar-refractivity contribution < 1.29 is 0 Å². The maximum Gasteiger partial charge on any atom is -0.0324 e. The Morgan fingerprint density at radius 2 is 0.909 bits per heavy atom. The van der Waals surface area contributed by atoms with Crippen LogP contribution in [0.25, 0.3) is 0 Å². The topological polar surface area (TPSA) is 0 Å². The number of rotatable bonds is 17. The molecule has 0 saturated carbocycles. The van der Waals surface area contributed by atoms with E-state index >= 15 is 0 Å². The normalized spacial score (nSPS) is 14.2. The van der Waals surface area contributed by atoms with E-state index < -0.39 is 0 Å². The highest BCUT2D eigenvalue weighted by atomic mass is 14.2. The van der Waals surface area contributed by atoms with E-state index in [4.69, 9.17) is 0 Å². The van der Waals surface area contributed by atoms with Crippen LogP contribution in [0, 0.1) is 18.3 Å². The Bertz CT molecular complexity index is 196. The molecule has 2 atom stereocenters. The number of hydrogen-bond acceptors (Lipinski definition) is 0. The Balaban J connectivity index is 4.11. The van der Waals surface area contributed by atoms with Gasteiger partial charge in [0.25, 0.3) is 0 Å². The summed E-state index contributed by atoms with van der Waals surface area (Å²) in [4.78, 5) is 0. The van der Waals surface area contributed by atoms with Crippen molar-refractivity contribution >= 4 is 0 Å². The smallest absolute Gasteiger partial charge is 0.0324 e. The lowest BCUT2D eigenvalue weighted by molar-refractivity contribution is 0.376. The van der Waals surface area contributed by atoms with Crippen LogP contribution in [-0.4, -0.2) is 0 Å². The third-order valence-electron chi connectivity index (χ3n) is 4.99. The second-order valence-electron chi connectivity index (χ2n) is 7.34. The molecule has 133 valence electrons. The Morgan fingerprint density at radius 1 is 0.455 bits per heavy atom. The van der Waals surface area contributed by atoms with Gasteiger partial charge < -0.3 is 0 Å². The first-order valence-corrected chi connectivity index (χ1v) is 10.6. The Hall–Kier alpha value is 0. The third kappa shape index (κ3) is 13.6. The van der Waals surface area contributed by atoms with Crippen LogP contribution in [0.15, 0.2) is 0 Å². The van der Waals surface area contributed by atoms with E-state index in [1.54, 1.807) is 0 Å². The van der Waals surface area contributed by atoms with Crippen LogP contribution in [-0.2, 0) is 0 Å². The van der Waals surface area contributed by atoms with Crippen LogP contribution < -0.4 is 0 Å². The maximum absolute atomic E-state index is 2.79. The monoisotopic (exact) mass is 309 g/mol. The highest BCUT2D eigenvalue weighted by molar-refractivity contribution is 4.84. The van der Waals surface area contributed by atoms with Crippen molar-refractivity contribution in [3.05, 3.63) is 6.42 Å². The van der Waals surface area contributed by atoms with Gasteiger partial charge in [0.2, 0.25) is 0 Å². The molecule has 0 spiro atoms. The molecule has 0 aliphatic carbocycles. The van der Waals surface area contributed by atoms with Crippen LogP contribution in [0.2, 0.25) is 0 Å². The molecule has 0 fully saturated rings. The number of hydrogen-bond donors (Lipinski definition) is 0. The summed E-state index contributed by atoms with van der Waals surface area (Å²) in [5, 5.41) is 0. The van der Waals surface area contributed by atoms with Gasteiger partial charge >= 0.3 is 0 Å². The summed E-state index contributed by atoms with van der Waals surface area (Å²) in [6, 6.07) is 0. The first kappa shape index (κ1) is 22.0. The minimum Gasteiger partial charge on any atom is -0.0654 e. The van der Waals surface area contributed by atoms with Crippen molar-refractivity contribution in [2.24, 2.45) is 11.8 Å². The lowest BCUT2D eigenvalue weighted by Crippen LogP contribution is -2.11. The highest BCUT2D eigenvalue weighted by Gasteiger charge is 2.16. The second kappa shape index (κ2) is 17.4. The molecule has 0 rings (SSSR count). The molecule has 0 amide bonds. The molecular formula is C22H45. The molecule has 0 heterocycles. The minimum absolute atomic E-state index is 0.898. The largest absolute Gasteiger partial charge is 0.0654 e. The van der Waals surface area contributed by atoms with E-state index in [2.05, 4.69) is 34.1 Å². The molecular weight excluding hydrogens is 264 g/mol. The van der Waals surface area contributed by atoms with Crippen molar-refractivity contribution in [1.82, 2.24) is 0 Å². The average Bonchev–Trinajstić information content (AvgIpc) is 2.52. The Morgan fingerprint density at radius 3 is 1.50 bits per heavy atom. The Kier molecular flexibility index (Phi) is 17.4. The fraction of sp³-hybridized carbons (Fsp3) is 0.955. The van der Waals surface area contributed by atoms with Gasteiger partial charge in [-0.3, -0.25) is 0 Å². The molecule has 0 saturated heterocycles. The predicted molar refractivity (Wildman–Crippen MR) is 103 cm³/mol. The minimum atomic E-state index is 0.898. The molecule has 0 nitrogen and oxygen atoms in total. The van der Waals surface area contributed by atoms with E-state index in [1.165, 1.54) is 96.3 Å². The summed E-state index contributed by atoms with van der Waals surface area (Å²) in [6.45, 7) is 9.32.